The van der Waals surface area contributed by atoms with Crippen LogP contribution >= 0.6 is 0 Å². The van der Waals surface area contributed by atoms with Gasteiger partial charge >= 0.3 is 0 Å². The fourth-order valence-electron chi connectivity index (χ4n) is 3.00. The molecule has 0 spiro atoms. The van der Waals surface area contributed by atoms with Crippen LogP contribution in [0.3, 0.4) is 0 Å². The molecule has 3 N–H and O–H groups in total. The van der Waals surface area contributed by atoms with Gasteiger partial charge in [0.05, 0.1) is 30.4 Å². The zero-order valence-electron chi connectivity index (χ0n) is 15.3. The van der Waals surface area contributed by atoms with Gasteiger partial charge < -0.3 is 15.0 Å². The van der Waals surface area contributed by atoms with Crippen LogP contribution in [0.2, 0.25) is 0 Å². The van der Waals surface area contributed by atoms with Gasteiger partial charge in [-0.25, -0.2) is 4.98 Å². The Morgan fingerprint density at radius 1 is 1.19 bits per heavy atom. The van der Waals surface area contributed by atoms with Gasteiger partial charge in [0.25, 0.3) is 5.91 Å². The number of H-pyrrole nitrogens is 2. The van der Waals surface area contributed by atoms with Crippen LogP contribution in [0.15, 0.2) is 42.6 Å². The number of hydrogen-bond acceptors (Lipinski definition) is 4. The molecule has 1 amide bonds. The standard InChI is InChI=1S/C20H19N5O2/c1-11-12(2)24-25-18(11)20(26)22-14-8-13-9-16(23-19(13)21-10-14)15-6-4-5-7-17(15)27-3/h4-10H,1-3H3,(H,21,23)(H,22,26)(H,24,25). The molecule has 7 heteroatoms. The topological polar surface area (TPSA) is 95.7 Å². The number of nitrogens with one attached hydrogen (secondary N) is 3. The maximum Gasteiger partial charge on any atom is 0.273 e. The Morgan fingerprint density at radius 2 is 2.00 bits per heavy atom. The van der Waals surface area contributed by atoms with E-state index in [2.05, 4.69) is 25.5 Å². The summed E-state index contributed by atoms with van der Waals surface area (Å²) in [7, 11) is 1.65. The van der Waals surface area contributed by atoms with E-state index in [-0.39, 0.29) is 5.91 Å². The molecule has 4 rings (SSSR count). The number of ether oxygens (including phenoxy) is 1. The first-order valence-electron chi connectivity index (χ1n) is 8.52. The maximum absolute atomic E-state index is 12.5. The highest BCUT2D eigenvalue weighted by Crippen LogP contribution is 2.31. The molecule has 0 bridgehead atoms. The largest absolute Gasteiger partial charge is 0.496 e. The lowest BCUT2D eigenvalue weighted by Crippen LogP contribution is -2.13. The number of benzene rings is 1. The zero-order valence-corrected chi connectivity index (χ0v) is 15.3. The van der Waals surface area contributed by atoms with Crippen LogP contribution in [0.25, 0.3) is 22.3 Å². The van der Waals surface area contributed by atoms with Crippen LogP contribution in [0.5, 0.6) is 5.75 Å². The van der Waals surface area contributed by atoms with Crippen LogP contribution in [-0.4, -0.2) is 33.2 Å². The first-order chi connectivity index (χ1) is 13.1. The number of methoxy groups -OCH3 is 1. The lowest BCUT2D eigenvalue weighted by Gasteiger charge is -2.05. The average molecular weight is 361 g/mol. The number of hydrogen-bond donors (Lipinski definition) is 3. The number of carbonyl (C=O) groups excluding carboxylic acids is 1. The molecular weight excluding hydrogens is 342 g/mol. The maximum atomic E-state index is 12.5. The highest BCUT2D eigenvalue weighted by molar-refractivity contribution is 6.04. The van der Waals surface area contributed by atoms with Crippen molar-refractivity contribution in [2.75, 3.05) is 12.4 Å². The first-order valence-corrected chi connectivity index (χ1v) is 8.52. The van der Waals surface area contributed by atoms with E-state index in [1.54, 1.807) is 13.3 Å². The van der Waals surface area contributed by atoms with Gasteiger partial charge in [-0.1, -0.05) is 12.1 Å². The van der Waals surface area contributed by atoms with Gasteiger partial charge in [0.15, 0.2) is 0 Å². The first kappa shape index (κ1) is 16.8. The van der Waals surface area contributed by atoms with Gasteiger partial charge in [-0.05, 0) is 38.1 Å². The fourth-order valence-corrected chi connectivity index (χ4v) is 3.00. The van der Waals surface area contributed by atoms with Crippen molar-refractivity contribution < 1.29 is 9.53 Å². The predicted molar refractivity (Wildman–Crippen MR) is 104 cm³/mol. The van der Waals surface area contributed by atoms with E-state index in [0.717, 1.165) is 39.3 Å². The quantitative estimate of drug-likeness (QED) is 0.515. The number of nitrogens with zero attached hydrogens (tertiary/aromatic N) is 2. The van der Waals surface area contributed by atoms with Gasteiger partial charge in [0.2, 0.25) is 0 Å². The summed E-state index contributed by atoms with van der Waals surface area (Å²) < 4.78 is 5.43. The van der Waals surface area contributed by atoms with Crippen molar-refractivity contribution in [3.8, 4) is 17.0 Å². The third-order valence-electron chi connectivity index (χ3n) is 4.61. The molecule has 3 aromatic heterocycles. The van der Waals surface area contributed by atoms with Crippen molar-refractivity contribution in [3.05, 3.63) is 59.5 Å². The van der Waals surface area contributed by atoms with Crippen LogP contribution < -0.4 is 10.1 Å². The molecule has 0 saturated heterocycles. The molecular formula is C20H19N5O2. The number of amides is 1. The van der Waals surface area contributed by atoms with E-state index in [9.17, 15) is 4.79 Å². The SMILES string of the molecule is COc1ccccc1-c1cc2cc(NC(=O)c3[nH]nc(C)c3C)cnc2[nH]1. The molecule has 27 heavy (non-hydrogen) atoms. The summed E-state index contributed by atoms with van der Waals surface area (Å²) in [6, 6.07) is 11.6. The molecule has 0 radical (unpaired) electrons. The normalized spacial score (nSPS) is 10.9. The second-order valence-electron chi connectivity index (χ2n) is 6.31. The van der Waals surface area contributed by atoms with Crippen molar-refractivity contribution in [2.45, 2.75) is 13.8 Å². The van der Waals surface area contributed by atoms with E-state index < -0.39 is 0 Å². The van der Waals surface area contributed by atoms with E-state index in [1.807, 2.05) is 50.2 Å². The smallest absolute Gasteiger partial charge is 0.273 e. The molecule has 7 nitrogen and oxygen atoms in total. The second kappa shape index (κ2) is 6.60. The number of aromatic nitrogens is 4. The summed E-state index contributed by atoms with van der Waals surface area (Å²) in [5, 5.41) is 10.6. The average Bonchev–Trinajstić information content (AvgIpc) is 3.25. The van der Waals surface area contributed by atoms with E-state index in [0.29, 0.717) is 11.4 Å². The third-order valence-corrected chi connectivity index (χ3v) is 4.61. The van der Waals surface area contributed by atoms with Crippen LogP contribution in [0.1, 0.15) is 21.7 Å². The van der Waals surface area contributed by atoms with Crippen molar-refractivity contribution in [2.24, 2.45) is 0 Å². The number of pyridine rings is 1. The zero-order chi connectivity index (χ0) is 19.0. The number of para-hydroxylation sites is 1. The Bertz CT molecular complexity index is 1140. The molecule has 0 aliphatic heterocycles. The molecule has 0 unspecified atom stereocenters. The van der Waals surface area contributed by atoms with Gasteiger partial charge in [0, 0.05) is 16.5 Å². The molecule has 0 fully saturated rings. The Balaban J connectivity index is 1.65. The summed E-state index contributed by atoms with van der Waals surface area (Å²) in [4.78, 5) is 20.2. The fraction of sp³-hybridized carbons (Fsp3) is 0.150. The molecule has 0 saturated carbocycles. The van der Waals surface area contributed by atoms with Crippen LogP contribution in [0.4, 0.5) is 5.69 Å². The summed E-state index contributed by atoms with van der Waals surface area (Å²) in [6.45, 7) is 3.72. The Kier molecular flexibility index (Phi) is 4.12. The van der Waals surface area contributed by atoms with Crippen molar-refractivity contribution in [3.63, 3.8) is 0 Å². The summed E-state index contributed by atoms with van der Waals surface area (Å²) in [5.74, 6) is 0.539. The van der Waals surface area contributed by atoms with Gasteiger partial charge in [-0.15, -0.1) is 0 Å². The summed E-state index contributed by atoms with van der Waals surface area (Å²) >= 11 is 0. The number of aryl methyl sites for hydroxylation is 1. The number of anilines is 1. The van der Waals surface area contributed by atoms with E-state index in [1.165, 1.54) is 0 Å². The Hall–Kier alpha value is -3.61. The molecule has 136 valence electrons. The highest BCUT2D eigenvalue weighted by Gasteiger charge is 2.15. The van der Waals surface area contributed by atoms with Gasteiger partial charge in [-0.2, -0.15) is 5.10 Å². The monoisotopic (exact) mass is 361 g/mol. The number of fused-ring (bicyclic) bond motifs is 1. The number of aromatic amines is 2. The molecule has 4 aromatic rings. The van der Waals surface area contributed by atoms with E-state index >= 15 is 0 Å². The molecule has 3 heterocycles. The third kappa shape index (κ3) is 3.03. The minimum atomic E-state index is -0.241. The Labute approximate surface area is 155 Å². The van der Waals surface area contributed by atoms with Crippen LogP contribution in [-0.2, 0) is 0 Å². The Morgan fingerprint density at radius 3 is 2.74 bits per heavy atom. The lowest BCUT2D eigenvalue weighted by molar-refractivity contribution is 0.102. The van der Waals surface area contributed by atoms with E-state index in [4.69, 9.17) is 4.74 Å². The lowest BCUT2D eigenvalue weighted by atomic mass is 10.1. The van der Waals surface area contributed by atoms with Crippen molar-refractivity contribution >= 4 is 22.6 Å². The summed E-state index contributed by atoms with van der Waals surface area (Å²) in [6.07, 6.45) is 1.63. The number of rotatable bonds is 4. The minimum absolute atomic E-state index is 0.241. The molecule has 0 atom stereocenters. The molecule has 1 aromatic carbocycles. The van der Waals surface area contributed by atoms with Gasteiger partial charge in [-0.3, -0.25) is 9.89 Å². The number of carbonyl (C=O) groups is 1. The minimum Gasteiger partial charge on any atom is -0.496 e. The highest BCUT2D eigenvalue weighted by atomic mass is 16.5. The van der Waals surface area contributed by atoms with Crippen LogP contribution in [0, 0.1) is 13.8 Å². The van der Waals surface area contributed by atoms with Gasteiger partial charge in [0.1, 0.15) is 17.1 Å². The molecule has 0 aliphatic rings. The van der Waals surface area contributed by atoms with Crippen molar-refractivity contribution in [1.82, 2.24) is 20.2 Å². The summed E-state index contributed by atoms with van der Waals surface area (Å²) in [5.41, 5.74) is 5.30. The molecule has 0 aliphatic carbocycles. The van der Waals surface area contributed by atoms with Crippen molar-refractivity contribution in [1.29, 1.82) is 0 Å². The second-order valence-corrected chi connectivity index (χ2v) is 6.31. The predicted octanol–water partition coefficient (Wildman–Crippen LogP) is 3.83.